The Kier molecular flexibility index (Phi) is 8.09. The van der Waals surface area contributed by atoms with Gasteiger partial charge in [0.15, 0.2) is 5.58 Å². The molecular formula is C27H38N2O6. The summed E-state index contributed by atoms with van der Waals surface area (Å²) < 4.78 is 28.5. The predicted octanol–water partition coefficient (Wildman–Crippen LogP) is 4.46. The first-order chi connectivity index (χ1) is 17.2. The molecule has 0 bridgehead atoms. The van der Waals surface area contributed by atoms with Crippen molar-refractivity contribution in [3.8, 4) is 11.6 Å². The van der Waals surface area contributed by atoms with Crippen molar-refractivity contribution in [3.05, 3.63) is 18.2 Å². The molecule has 2 unspecified atom stereocenters. The molecule has 5 rings (SSSR count). The molecule has 2 aromatic rings. The van der Waals surface area contributed by atoms with Gasteiger partial charge in [-0.2, -0.15) is 0 Å². The van der Waals surface area contributed by atoms with E-state index in [4.69, 9.17) is 23.5 Å². The Hall–Kier alpha value is -2.32. The van der Waals surface area contributed by atoms with E-state index >= 15 is 0 Å². The number of methoxy groups -OCH3 is 1. The number of benzene rings is 1. The van der Waals surface area contributed by atoms with Crippen LogP contribution < -0.4 is 9.47 Å². The van der Waals surface area contributed by atoms with Gasteiger partial charge in [0.25, 0.3) is 5.88 Å². The Labute approximate surface area is 207 Å². The van der Waals surface area contributed by atoms with Crippen molar-refractivity contribution in [1.29, 1.82) is 0 Å². The van der Waals surface area contributed by atoms with E-state index in [9.17, 15) is 4.79 Å². The summed E-state index contributed by atoms with van der Waals surface area (Å²) in [5, 5.41) is 5.02. The third-order valence-corrected chi connectivity index (χ3v) is 7.96. The Morgan fingerprint density at radius 3 is 2.69 bits per heavy atom. The molecule has 1 saturated carbocycles. The number of hydrogen-bond acceptors (Lipinski definition) is 8. The van der Waals surface area contributed by atoms with Gasteiger partial charge >= 0.3 is 5.97 Å². The van der Waals surface area contributed by atoms with Crippen LogP contribution in [0.1, 0.15) is 51.4 Å². The zero-order valence-electron chi connectivity index (χ0n) is 20.8. The van der Waals surface area contributed by atoms with Gasteiger partial charge in [0.05, 0.1) is 32.8 Å². The highest BCUT2D eigenvalue weighted by Crippen LogP contribution is 2.36. The fourth-order valence-corrected chi connectivity index (χ4v) is 5.86. The lowest BCUT2D eigenvalue weighted by Gasteiger charge is -2.37. The summed E-state index contributed by atoms with van der Waals surface area (Å²) in [6, 6.07) is 5.79. The molecule has 3 fully saturated rings. The molecule has 192 valence electrons. The second-order valence-electron chi connectivity index (χ2n) is 10.3. The highest BCUT2D eigenvalue weighted by molar-refractivity contribution is 5.88. The smallest absolute Gasteiger partial charge is 0.308 e. The van der Waals surface area contributed by atoms with Gasteiger partial charge in [-0.3, -0.25) is 4.79 Å². The Balaban J connectivity index is 1.13. The fourth-order valence-electron chi connectivity index (χ4n) is 5.86. The summed E-state index contributed by atoms with van der Waals surface area (Å²) in [4.78, 5) is 14.7. The zero-order valence-corrected chi connectivity index (χ0v) is 20.8. The zero-order chi connectivity index (χ0) is 24.0. The van der Waals surface area contributed by atoms with Gasteiger partial charge in [-0.25, -0.2) is 0 Å². The molecule has 35 heavy (non-hydrogen) atoms. The summed E-state index contributed by atoms with van der Waals surface area (Å²) >= 11 is 0. The van der Waals surface area contributed by atoms with Crippen molar-refractivity contribution in [1.82, 2.24) is 10.1 Å². The standard InChI is InChI=1S/C27H38N2O6/c1-31-27(30)22-6-3-2-5-20(22)17-29-13-9-19(10-14-29)18-33-26-25-23(7-4-8-24(25)35-28-26)34-21-11-15-32-16-12-21/h4,7-8,19-22H,2-3,5-6,9-18H2,1H3. The molecule has 3 aliphatic rings. The first-order valence-corrected chi connectivity index (χ1v) is 13.3. The van der Waals surface area contributed by atoms with E-state index in [1.165, 1.54) is 13.5 Å². The largest absolute Gasteiger partial charge is 0.489 e. The Morgan fingerprint density at radius 1 is 1.09 bits per heavy atom. The number of carbonyl (C=O) groups is 1. The number of piperidine rings is 1. The van der Waals surface area contributed by atoms with Crippen LogP contribution in [0, 0.1) is 17.8 Å². The van der Waals surface area contributed by atoms with Crippen molar-refractivity contribution in [2.45, 2.75) is 57.5 Å². The van der Waals surface area contributed by atoms with Crippen LogP contribution in [0.15, 0.2) is 22.7 Å². The van der Waals surface area contributed by atoms with Gasteiger partial charge < -0.3 is 28.4 Å². The summed E-state index contributed by atoms with van der Waals surface area (Å²) in [5.41, 5.74) is 0.687. The van der Waals surface area contributed by atoms with Gasteiger partial charge in [0.1, 0.15) is 17.2 Å². The monoisotopic (exact) mass is 486 g/mol. The number of fused-ring (bicyclic) bond motifs is 1. The maximum absolute atomic E-state index is 12.2. The molecule has 1 aromatic carbocycles. The van der Waals surface area contributed by atoms with E-state index in [2.05, 4.69) is 10.1 Å². The van der Waals surface area contributed by atoms with E-state index in [1.54, 1.807) is 0 Å². The van der Waals surface area contributed by atoms with E-state index in [0.717, 1.165) is 88.9 Å². The van der Waals surface area contributed by atoms with E-state index in [1.807, 2.05) is 18.2 Å². The molecule has 8 heteroatoms. The topological polar surface area (TPSA) is 83.3 Å². The van der Waals surface area contributed by atoms with Crippen molar-refractivity contribution < 1.29 is 28.3 Å². The lowest BCUT2D eigenvalue weighted by Crippen LogP contribution is -2.42. The van der Waals surface area contributed by atoms with Gasteiger partial charge in [-0.15, -0.1) is 0 Å². The maximum Gasteiger partial charge on any atom is 0.308 e. The number of carbonyl (C=O) groups excluding carboxylic acids is 1. The highest BCUT2D eigenvalue weighted by atomic mass is 16.5. The van der Waals surface area contributed by atoms with Crippen molar-refractivity contribution in [2.75, 3.05) is 46.6 Å². The van der Waals surface area contributed by atoms with Crippen LogP contribution in [0.25, 0.3) is 11.0 Å². The van der Waals surface area contributed by atoms with Crippen LogP contribution in [0.3, 0.4) is 0 Å². The molecule has 3 heterocycles. The van der Waals surface area contributed by atoms with Crippen LogP contribution in [0.5, 0.6) is 11.6 Å². The highest BCUT2D eigenvalue weighted by Gasteiger charge is 2.33. The first-order valence-electron chi connectivity index (χ1n) is 13.3. The van der Waals surface area contributed by atoms with Crippen molar-refractivity contribution in [3.63, 3.8) is 0 Å². The first kappa shape index (κ1) is 24.4. The fraction of sp³-hybridized carbons (Fsp3) is 0.704. The number of nitrogens with zero attached hydrogens (tertiary/aromatic N) is 2. The molecule has 0 N–H and O–H groups in total. The van der Waals surface area contributed by atoms with E-state index in [-0.39, 0.29) is 18.0 Å². The number of rotatable bonds is 8. The number of aromatic nitrogens is 1. The number of esters is 1. The number of ether oxygens (including phenoxy) is 4. The van der Waals surface area contributed by atoms with Gasteiger partial charge in [0.2, 0.25) is 0 Å². The summed E-state index contributed by atoms with van der Waals surface area (Å²) in [5.74, 6) is 2.22. The minimum absolute atomic E-state index is 0.0296. The average Bonchev–Trinajstić information content (AvgIpc) is 3.33. The maximum atomic E-state index is 12.2. The van der Waals surface area contributed by atoms with Gasteiger partial charge in [0, 0.05) is 19.4 Å². The van der Waals surface area contributed by atoms with Gasteiger partial charge in [-0.05, 0) is 67.9 Å². The number of likely N-dealkylation sites (tertiary alicyclic amines) is 1. The third kappa shape index (κ3) is 5.92. The molecule has 2 atom stereocenters. The minimum Gasteiger partial charge on any atom is -0.489 e. The Morgan fingerprint density at radius 2 is 1.89 bits per heavy atom. The molecule has 8 nitrogen and oxygen atoms in total. The molecular weight excluding hydrogens is 448 g/mol. The van der Waals surface area contributed by atoms with Crippen LogP contribution >= 0.6 is 0 Å². The van der Waals surface area contributed by atoms with Crippen molar-refractivity contribution >= 4 is 16.9 Å². The van der Waals surface area contributed by atoms with Crippen LogP contribution in [0.4, 0.5) is 0 Å². The minimum atomic E-state index is -0.0296. The SMILES string of the molecule is COC(=O)C1CCCCC1CN1CCC(COc2noc3cccc(OC4CCOCC4)c23)CC1. The number of hydrogen-bond donors (Lipinski definition) is 0. The predicted molar refractivity (Wildman–Crippen MR) is 131 cm³/mol. The van der Waals surface area contributed by atoms with Crippen molar-refractivity contribution in [2.24, 2.45) is 17.8 Å². The van der Waals surface area contributed by atoms with Crippen LogP contribution in [-0.4, -0.2) is 68.7 Å². The average molecular weight is 487 g/mol. The quantitative estimate of drug-likeness (QED) is 0.506. The lowest BCUT2D eigenvalue weighted by molar-refractivity contribution is -0.149. The summed E-state index contributed by atoms with van der Waals surface area (Å²) in [6.07, 6.45) is 8.52. The van der Waals surface area contributed by atoms with Crippen LogP contribution in [-0.2, 0) is 14.3 Å². The molecule has 1 aliphatic carbocycles. The second kappa shape index (κ2) is 11.6. The third-order valence-electron chi connectivity index (χ3n) is 7.96. The normalized spacial score (nSPS) is 24.9. The molecule has 0 spiro atoms. The van der Waals surface area contributed by atoms with Crippen LogP contribution in [0.2, 0.25) is 0 Å². The summed E-state index contributed by atoms with van der Waals surface area (Å²) in [6.45, 7) is 5.16. The Bertz CT molecular complexity index is 964. The van der Waals surface area contributed by atoms with E-state index < -0.39 is 0 Å². The van der Waals surface area contributed by atoms with E-state index in [0.29, 0.717) is 29.9 Å². The second-order valence-corrected chi connectivity index (χ2v) is 10.3. The lowest BCUT2D eigenvalue weighted by atomic mass is 9.78. The molecule has 2 aliphatic heterocycles. The molecule has 1 aromatic heterocycles. The summed E-state index contributed by atoms with van der Waals surface area (Å²) in [7, 11) is 1.51. The van der Waals surface area contributed by atoms with Gasteiger partial charge in [-0.1, -0.05) is 18.9 Å². The molecule has 0 radical (unpaired) electrons. The molecule has 0 amide bonds. The molecule has 2 saturated heterocycles.